The molecule has 1 aromatic heterocycles. The summed E-state index contributed by atoms with van der Waals surface area (Å²) in [6.45, 7) is 0.506. The van der Waals surface area contributed by atoms with Gasteiger partial charge in [0, 0.05) is 18.9 Å². The Hall–Kier alpha value is -0.980. The summed E-state index contributed by atoms with van der Waals surface area (Å²) in [6.07, 6.45) is 7.13. The summed E-state index contributed by atoms with van der Waals surface area (Å²) >= 11 is 0. The van der Waals surface area contributed by atoms with Crippen molar-refractivity contribution in [2.75, 3.05) is 6.54 Å². The molecule has 0 amide bonds. The van der Waals surface area contributed by atoms with Gasteiger partial charge in [0.15, 0.2) is 0 Å². The van der Waals surface area contributed by atoms with Crippen molar-refractivity contribution >= 4 is 10.2 Å². The smallest absolute Gasteiger partial charge is 0.265 e. The molecule has 1 aliphatic rings. The number of hydrogen-bond acceptors (Lipinski definition) is 3. The molecule has 17 heavy (non-hydrogen) atoms. The third-order valence-corrected chi connectivity index (χ3v) is 4.21. The molecule has 1 fully saturated rings. The van der Waals surface area contributed by atoms with Gasteiger partial charge in [-0.3, -0.25) is 4.98 Å². The highest BCUT2D eigenvalue weighted by Gasteiger charge is 2.29. The van der Waals surface area contributed by atoms with E-state index >= 15 is 0 Å². The van der Waals surface area contributed by atoms with Crippen LogP contribution in [0.3, 0.4) is 0 Å². The van der Waals surface area contributed by atoms with Gasteiger partial charge in [-0.05, 0) is 30.5 Å². The van der Waals surface area contributed by atoms with E-state index in [1.54, 1.807) is 12.4 Å². The molecule has 0 bridgehead atoms. The van der Waals surface area contributed by atoms with Crippen LogP contribution in [0.25, 0.3) is 0 Å². The zero-order chi connectivity index (χ0) is 12.3. The van der Waals surface area contributed by atoms with Crippen LogP contribution in [0.2, 0.25) is 0 Å². The van der Waals surface area contributed by atoms with Crippen LogP contribution in [0.5, 0.6) is 0 Å². The van der Waals surface area contributed by atoms with E-state index in [1.807, 2.05) is 12.1 Å². The lowest BCUT2D eigenvalue weighted by Gasteiger charge is -2.27. The normalized spacial score (nSPS) is 23.2. The van der Waals surface area contributed by atoms with E-state index in [4.69, 9.17) is 5.14 Å². The Morgan fingerprint density at radius 2 is 1.94 bits per heavy atom. The molecule has 1 atom stereocenters. The summed E-state index contributed by atoms with van der Waals surface area (Å²) in [4.78, 5) is 3.95. The van der Waals surface area contributed by atoms with E-state index in [1.165, 1.54) is 4.31 Å². The summed E-state index contributed by atoms with van der Waals surface area (Å²) in [5.41, 5.74) is 0.968. The predicted octanol–water partition coefficient (Wildman–Crippen LogP) is 1.20. The van der Waals surface area contributed by atoms with Gasteiger partial charge >= 0.3 is 0 Å². The maximum Gasteiger partial charge on any atom is 0.277 e. The van der Waals surface area contributed by atoms with E-state index in [0.717, 1.165) is 31.2 Å². The molecule has 0 saturated carbocycles. The molecule has 6 heteroatoms. The molecular weight excluding hydrogens is 238 g/mol. The lowest BCUT2D eigenvalue weighted by atomic mass is 10.0. The Morgan fingerprint density at radius 1 is 1.24 bits per heavy atom. The van der Waals surface area contributed by atoms with Crippen LogP contribution >= 0.6 is 0 Å². The Balaban J connectivity index is 2.33. The number of aromatic nitrogens is 1. The average molecular weight is 255 g/mol. The molecule has 1 saturated heterocycles. The van der Waals surface area contributed by atoms with E-state index < -0.39 is 10.2 Å². The number of nitrogens with zero attached hydrogens (tertiary/aromatic N) is 2. The van der Waals surface area contributed by atoms with Gasteiger partial charge in [0.25, 0.3) is 10.2 Å². The first-order chi connectivity index (χ1) is 8.09. The lowest BCUT2D eigenvalue weighted by molar-refractivity contribution is 0.329. The Kier molecular flexibility index (Phi) is 3.76. The van der Waals surface area contributed by atoms with Crippen LogP contribution in [0.4, 0.5) is 0 Å². The van der Waals surface area contributed by atoms with Crippen LogP contribution in [0.1, 0.15) is 37.3 Å². The molecule has 0 aromatic carbocycles. The summed E-state index contributed by atoms with van der Waals surface area (Å²) < 4.78 is 24.6. The molecule has 2 heterocycles. The van der Waals surface area contributed by atoms with Gasteiger partial charge in [-0.2, -0.15) is 12.7 Å². The minimum atomic E-state index is -3.63. The van der Waals surface area contributed by atoms with Crippen molar-refractivity contribution in [1.82, 2.24) is 9.29 Å². The largest absolute Gasteiger partial charge is 0.277 e. The van der Waals surface area contributed by atoms with E-state index in [2.05, 4.69) is 4.98 Å². The van der Waals surface area contributed by atoms with Crippen molar-refractivity contribution < 1.29 is 8.42 Å². The van der Waals surface area contributed by atoms with E-state index in [0.29, 0.717) is 6.54 Å². The first-order valence-corrected chi connectivity index (χ1v) is 7.29. The van der Waals surface area contributed by atoms with Crippen LogP contribution < -0.4 is 5.14 Å². The van der Waals surface area contributed by atoms with Crippen molar-refractivity contribution in [3.63, 3.8) is 0 Å². The van der Waals surface area contributed by atoms with Crippen molar-refractivity contribution in [3.05, 3.63) is 30.1 Å². The molecule has 2 rings (SSSR count). The summed E-state index contributed by atoms with van der Waals surface area (Å²) in [5.74, 6) is 0. The molecule has 0 aliphatic carbocycles. The van der Waals surface area contributed by atoms with Gasteiger partial charge in [0.2, 0.25) is 0 Å². The molecule has 1 unspecified atom stereocenters. The third-order valence-electron chi connectivity index (χ3n) is 3.12. The maximum absolute atomic E-state index is 11.6. The number of nitrogens with two attached hydrogens (primary N) is 1. The maximum atomic E-state index is 11.6. The highest BCUT2D eigenvalue weighted by atomic mass is 32.2. The molecule has 94 valence electrons. The number of pyridine rings is 1. The molecule has 0 spiro atoms. The third kappa shape index (κ3) is 3.02. The van der Waals surface area contributed by atoms with Gasteiger partial charge in [-0.25, -0.2) is 5.14 Å². The molecule has 2 N–H and O–H groups in total. The number of rotatable bonds is 2. The molecule has 1 aromatic rings. The lowest BCUT2D eigenvalue weighted by Crippen LogP contribution is -2.39. The minimum absolute atomic E-state index is 0.143. The quantitative estimate of drug-likeness (QED) is 0.862. The second-order valence-electron chi connectivity index (χ2n) is 4.30. The monoisotopic (exact) mass is 255 g/mol. The van der Waals surface area contributed by atoms with Crippen molar-refractivity contribution in [1.29, 1.82) is 0 Å². The fourth-order valence-corrected chi connectivity index (χ4v) is 3.27. The molecule has 5 nitrogen and oxygen atoms in total. The molecular formula is C11H17N3O2S. The van der Waals surface area contributed by atoms with E-state index in [-0.39, 0.29) is 6.04 Å². The van der Waals surface area contributed by atoms with Crippen LogP contribution in [0.15, 0.2) is 24.5 Å². The predicted molar refractivity (Wildman–Crippen MR) is 65.3 cm³/mol. The SMILES string of the molecule is NS(=O)(=O)N1CCCCCC1c1ccncc1. The van der Waals surface area contributed by atoms with Gasteiger partial charge in [-0.1, -0.05) is 12.8 Å². The van der Waals surface area contributed by atoms with Crippen LogP contribution in [0, 0.1) is 0 Å². The second-order valence-corrected chi connectivity index (χ2v) is 5.80. The Morgan fingerprint density at radius 3 is 2.59 bits per heavy atom. The van der Waals surface area contributed by atoms with Crippen LogP contribution in [-0.4, -0.2) is 24.3 Å². The van der Waals surface area contributed by atoms with Crippen LogP contribution in [-0.2, 0) is 10.2 Å². The highest BCUT2D eigenvalue weighted by molar-refractivity contribution is 7.86. The van der Waals surface area contributed by atoms with Gasteiger partial charge in [0.05, 0.1) is 6.04 Å². The van der Waals surface area contributed by atoms with Gasteiger partial charge in [-0.15, -0.1) is 0 Å². The number of hydrogen-bond donors (Lipinski definition) is 1. The van der Waals surface area contributed by atoms with Gasteiger partial charge < -0.3 is 0 Å². The molecule has 0 radical (unpaired) electrons. The summed E-state index contributed by atoms with van der Waals surface area (Å²) in [7, 11) is -3.63. The fraction of sp³-hybridized carbons (Fsp3) is 0.545. The average Bonchev–Trinajstić information content (AvgIpc) is 2.54. The first kappa shape index (κ1) is 12.5. The van der Waals surface area contributed by atoms with Crippen molar-refractivity contribution in [3.8, 4) is 0 Å². The summed E-state index contributed by atoms with van der Waals surface area (Å²) in [5, 5.41) is 5.29. The topological polar surface area (TPSA) is 76.3 Å². The first-order valence-electron chi connectivity index (χ1n) is 5.78. The van der Waals surface area contributed by atoms with Crippen molar-refractivity contribution in [2.24, 2.45) is 5.14 Å². The summed E-state index contributed by atoms with van der Waals surface area (Å²) in [6, 6.07) is 3.57. The van der Waals surface area contributed by atoms with E-state index in [9.17, 15) is 8.42 Å². The fourth-order valence-electron chi connectivity index (χ4n) is 2.31. The van der Waals surface area contributed by atoms with Crippen molar-refractivity contribution in [2.45, 2.75) is 31.7 Å². The zero-order valence-electron chi connectivity index (χ0n) is 9.62. The standard InChI is InChI=1S/C11H17N3O2S/c12-17(15,16)14-9-3-1-2-4-11(14)10-5-7-13-8-6-10/h5-8,11H,1-4,9H2,(H2,12,15,16). The zero-order valence-corrected chi connectivity index (χ0v) is 10.4. The van der Waals surface area contributed by atoms with Gasteiger partial charge in [0.1, 0.15) is 0 Å². The molecule has 1 aliphatic heterocycles. The second kappa shape index (κ2) is 5.12. The Labute approximate surface area is 102 Å². The highest BCUT2D eigenvalue weighted by Crippen LogP contribution is 2.30. The Bertz CT molecular complexity index is 461. The minimum Gasteiger partial charge on any atom is -0.265 e.